The van der Waals surface area contributed by atoms with Gasteiger partial charge in [-0.25, -0.2) is 18.0 Å². The Bertz CT molecular complexity index is 1470. The smallest absolute Gasteiger partial charge is 0.343 e. The van der Waals surface area contributed by atoms with Crippen LogP contribution < -0.4 is 9.47 Å². The van der Waals surface area contributed by atoms with E-state index in [1.807, 2.05) is 39.8 Å². The standard InChI is InChI=1S/C30H26O6S/c1-19-5-7-23(17-21(19)3)29(31)35-25-9-13-27(14-10-25)37(33,34)28-15-11-26(12-16-28)36-30(32)24-8-6-20(2)22(4)18-24/h5-18H,1-4H3. The van der Waals surface area contributed by atoms with Gasteiger partial charge in [0.05, 0.1) is 20.9 Å². The van der Waals surface area contributed by atoms with E-state index in [4.69, 9.17) is 9.47 Å². The number of benzene rings is 4. The third-order valence-electron chi connectivity index (χ3n) is 6.17. The Morgan fingerprint density at radius 2 is 0.865 bits per heavy atom. The molecule has 0 aliphatic heterocycles. The normalized spacial score (nSPS) is 11.1. The fraction of sp³-hybridized carbons (Fsp3) is 0.133. The van der Waals surface area contributed by atoms with Crippen LogP contribution in [0.4, 0.5) is 0 Å². The highest BCUT2D eigenvalue weighted by Crippen LogP contribution is 2.26. The lowest BCUT2D eigenvalue weighted by atomic mass is 10.1. The Morgan fingerprint density at radius 1 is 0.514 bits per heavy atom. The Labute approximate surface area is 216 Å². The van der Waals surface area contributed by atoms with E-state index in [1.54, 1.807) is 24.3 Å². The van der Waals surface area contributed by atoms with Gasteiger partial charge in [-0.2, -0.15) is 0 Å². The summed E-state index contributed by atoms with van der Waals surface area (Å²) in [4.78, 5) is 25.0. The molecule has 0 saturated carbocycles. The molecular formula is C30H26O6S. The minimum Gasteiger partial charge on any atom is -0.423 e. The molecule has 0 amide bonds. The zero-order valence-electron chi connectivity index (χ0n) is 20.9. The molecule has 188 valence electrons. The van der Waals surface area contributed by atoms with Crippen molar-refractivity contribution in [3.05, 3.63) is 118 Å². The van der Waals surface area contributed by atoms with Gasteiger partial charge in [-0.15, -0.1) is 0 Å². The predicted molar refractivity (Wildman–Crippen MR) is 140 cm³/mol. The second kappa shape index (κ2) is 10.4. The van der Waals surface area contributed by atoms with E-state index >= 15 is 0 Å². The molecule has 0 unspecified atom stereocenters. The molecule has 0 aromatic heterocycles. The van der Waals surface area contributed by atoms with E-state index in [1.165, 1.54) is 48.5 Å². The molecule has 0 radical (unpaired) electrons. The van der Waals surface area contributed by atoms with Gasteiger partial charge in [0, 0.05) is 0 Å². The van der Waals surface area contributed by atoms with Gasteiger partial charge in [-0.1, -0.05) is 12.1 Å². The van der Waals surface area contributed by atoms with Gasteiger partial charge in [-0.3, -0.25) is 0 Å². The predicted octanol–water partition coefficient (Wildman–Crippen LogP) is 6.19. The van der Waals surface area contributed by atoms with Gasteiger partial charge in [0.25, 0.3) is 0 Å². The van der Waals surface area contributed by atoms with Gasteiger partial charge in [0.15, 0.2) is 0 Å². The van der Waals surface area contributed by atoms with Gasteiger partial charge < -0.3 is 9.47 Å². The SMILES string of the molecule is Cc1ccc(C(=O)Oc2ccc(S(=O)(=O)c3ccc(OC(=O)c4ccc(C)c(C)c4)cc3)cc2)cc1C. The summed E-state index contributed by atoms with van der Waals surface area (Å²) in [7, 11) is -3.84. The molecule has 0 aliphatic carbocycles. The highest BCUT2D eigenvalue weighted by atomic mass is 32.2. The molecule has 0 atom stereocenters. The third-order valence-corrected chi connectivity index (χ3v) is 7.96. The lowest BCUT2D eigenvalue weighted by Gasteiger charge is -2.09. The quantitative estimate of drug-likeness (QED) is 0.225. The molecule has 0 spiro atoms. The summed E-state index contributed by atoms with van der Waals surface area (Å²) >= 11 is 0. The summed E-state index contributed by atoms with van der Waals surface area (Å²) in [5.74, 6) is -0.583. The van der Waals surface area contributed by atoms with E-state index in [9.17, 15) is 18.0 Å². The second-order valence-electron chi connectivity index (χ2n) is 8.82. The Balaban J connectivity index is 1.44. The number of aryl methyl sites for hydroxylation is 4. The number of ether oxygens (including phenoxy) is 2. The third kappa shape index (κ3) is 5.78. The Morgan fingerprint density at radius 3 is 1.19 bits per heavy atom. The van der Waals surface area contributed by atoms with Gasteiger partial charge in [0.2, 0.25) is 9.84 Å². The molecule has 0 aliphatic rings. The number of esters is 2. The monoisotopic (exact) mass is 514 g/mol. The lowest BCUT2D eigenvalue weighted by molar-refractivity contribution is 0.0725. The van der Waals surface area contributed by atoms with E-state index in [2.05, 4.69) is 0 Å². The van der Waals surface area contributed by atoms with Crippen molar-refractivity contribution in [1.82, 2.24) is 0 Å². The summed E-state index contributed by atoms with van der Waals surface area (Å²) in [6.45, 7) is 7.73. The lowest BCUT2D eigenvalue weighted by Crippen LogP contribution is -2.10. The van der Waals surface area contributed by atoms with Crippen LogP contribution in [0.15, 0.2) is 94.7 Å². The molecule has 4 aromatic rings. The second-order valence-corrected chi connectivity index (χ2v) is 10.8. The summed E-state index contributed by atoms with van der Waals surface area (Å²) in [6, 6.07) is 21.8. The first-order valence-electron chi connectivity index (χ1n) is 11.6. The topological polar surface area (TPSA) is 86.7 Å². The average Bonchev–Trinajstić information content (AvgIpc) is 2.88. The van der Waals surface area contributed by atoms with Crippen molar-refractivity contribution >= 4 is 21.8 Å². The van der Waals surface area contributed by atoms with Crippen LogP contribution in [0.1, 0.15) is 43.0 Å². The van der Waals surface area contributed by atoms with E-state index < -0.39 is 21.8 Å². The zero-order chi connectivity index (χ0) is 26.7. The van der Waals surface area contributed by atoms with Crippen LogP contribution in [0.25, 0.3) is 0 Å². The maximum absolute atomic E-state index is 13.1. The zero-order valence-corrected chi connectivity index (χ0v) is 21.8. The van der Waals surface area contributed by atoms with E-state index in [0.717, 1.165) is 22.3 Å². The van der Waals surface area contributed by atoms with Crippen molar-refractivity contribution in [2.45, 2.75) is 37.5 Å². The molecule has 7 heteroatoms. The number of sulfone groups is 1. The van der Waals surface area contributed by atoms with Crippen LogP contribution in [0, 0.1) is 27.7 Å². The molecular weight excluding hydrogens is 488 g/mol. The molecule has 37 heavy (non-hydrogen) atoms. The number of carbonyl (C=O) groups is 2. The fourth-order valence-electron chi connectivity index (χ4n) is 3.58. The molecule has 0 fully saturated rings. The summed E-state index contributed by atoms with van der Waals surface area (Å²) in [5, 5.41) is 0. The molecule has 0 heterocycles. The summed E-state index contributed by atoms with van der Waals surface area (Å²) in [5.41, 5.74) is 4.91. The van der Waals surface area contributed by atoms with Gasteiger partial charge >= 0.3 is 11.9 Å². The van der Waals surface area contributed by atoms with Gasteiger partial charge in [-0.05, 0) is 123 Å². The average molecular weight is 515 g/mol. The number of rotatable bonds is 6. The first-order valence-corrected chi connectivity index (χ1v) is 13.1. The minimum atomic E-state index is -3.84. The van der Waals surface area contributed by atoms with Crippen LogP contribution >= 0.6 is 0 Å². The van der Waals surface area contributed by atoms with Crippen LogP contribution in [0.5, 0.6) is 11.5 Å². The van der Waals surface area contributed by atoms with Crippen molar-refractivity contribution in [1.29, 1.82) is 0 Å². The van der Waals surface area contributed by atoms with Crippen LogP contribution in [0.3, 0.4) is 0 Å². The molecule has 0 bridgehead atoms. The molecule has 4 aromatic carbocycles. The maximum Gasteiger partial charge on any atom is 0.343 e. The summed E-state index contributed by atoms with van der Waals surface area (Å²) in [6.07, 6.45) is 0. The van der Waals surface area contributed by atoms with E-state index in [0.29, 0.717) is 11.1 Å². The highest BCUT2D eigenvalue weighted by Gasteiger charge is 2.19. The number of hydrogen-bond acceptors (Lipinski definition) is 6. The van der Waals surface area contributed by atoms with Crippen molar-refractivity contribution in [3.63, 3.8) is 0 Å². The molecule has 0 saturated heterocycles. The van der Waals surface area contributed by atoms with E-state index in [-0.39, 0.29) is 21.3 Å². The number of hydrogen-bond donors (Lipinski definition) is 0. The fourth-order valence-corrected chi connectivity index (χ4v) is 4.84. The molecule has 6 nitrogen and oxygen atoms in total. The Hall–Kier alpha value is -4.23. The van der Waals surface area contributed by atoms with Crippen LogP contribution in [-0.2, 0) is 9.84 Å². The Kier molecular flexibility index (Phi) is 7.27. The van der Waals surface area contributed by atoms with Crippen molar-refractivity contribution in [3.8, 4) is 11.5 Å². The van der Waals surface area contributed by atoms with Crippen LogP contribution in [-0.4, -0.2) is 20.4 Å². The van der Waals surface area contributed by atoms with Crippen molar-refractivity contribution in [2.75, 3.05) is 0 Å². The first kappa shape index (κ1) is 25.9. The van der Waals surface area contributed by atoms with Crippen molar-refractivity contribution in [2.24, 2.45) is 0 Å². The van der Waals surface area contributed by atoms with Gasteiger partial charge in [0.1, 0.15) is 11.5 Å². The molecule has 0 N–H and O–H groups in total. The first-order chi connectivity index (χ1) is 17.5. The summed E-state index contributed by atoms with van der Waals surface area (Å²) < 4.78 is 36.9. The number of carbonyl (C=O) groups excluding carboxylic acids is 2. The minimum absolute atomic E-state index is 0.0401. The largest absolute Gasteiger partial charge is 0.423 e. The highest BCUT2D eigenvalue weighted by molar-refractivity contribution is 7.91. The van der Waals surface area contributed by atoms with Crippen molar-refractivity contribution < 1.29 is 27.5 Å². The van der Waals surface area contributed by atoms with Crippen LogP contribution in [0.2, 0.25) is 0 Å². The molecule has 4 rings (SSSR count). The maximum atomic E-state index is 13.1.